The van der Waals surface area contributed by atoms with E-state index in [0.29, 0.717) is 19.4 Å². The first-order chi connectivity index (χ1) is 30.0. The smallest absolute Gasteiger partial charge is 0.305 e. The Morgan fingerprint density at radius 3 is 1.11 bits per heavy atom. The van der Waals surface area contributed by atoms with Gasteiger partial charge in [-0.2, -0.15) is 0 Å². The number of allylic oxidation sites excluding steroid dienone is 1. The van der Waals surface area contributed by atoms with Crippen LogP contribution in [0.1, 0.15) is 303 Å². The van der Waals surface area contributed by atoms with E-state index in [1.165, 1.54) is 231 Å². The first kappa shape index (κ1) is 59.6. The van der Waals surface area contributed by atoms with Gasteiger partial charge in [0.05, 0.1) is 25.4 Å². The molecule has 0 spiro atoms. The summed E-state index contributed by atoms with van der Waals surface area (Å²) < 4.78 is 5.49. The summed E-state index contributed by atoms with van der Waals surface area (Å²) in [5.41, 5.74) is 0. The van der Waals surface area contributed by atoms with Crippen LogP contribution in [0.25, 0.3) is 0 Å². The van der Waals surface area contributed by atoms with Crippen molar-refractivity contribution in [2.24, 2.45) is 0 Å². The van der Waals surface area contributed by atoms with Crippen LogP contribution in [-0.4, -0.2) is 47.4 Å². The summed E-state index contributed by atoms with van der Waals surface area (Å²) in [5.74, 6) is -0.0697. The van der Waals surface area contributed by atoms with Gasteiger partial charge in [0.15, 0.2) is 0 Å². The van der Waals surface area contributed by atoms with Crippen LogP contribution in [0.3, 0.4) is 0 Å². The van der Waals surface area contributed by atoms with Crippen LogP contribution >= 0.6 is 0 Å². The lowest BCUT2D eigenvalue weighted by Crippen LogP contribution is -2.45. The van der Waals surface area contributed by atoms with Crippen LogP contribution in [0.4, 0.5) is 0 Å². The maximum absolute atomic E-state index is 12.4. The molecular formula is C55H107NO5. The number of unbranched alkanes of at least 4 members (excludes halogenated alkanes) is 40. The minimum atomic E-state index is -0.845. The van der Waals surface area contributed by atoms with E-state index >= 15 is 0 Å². The molecule has 61 heavy (non-hydrogen) atoms. The largest absolute Gasteiger partial charge is 0.466 e. The molecule has 362 valence electrons. The molecule has 2 unspecified atom stereocenters. The number of nitrogens with one attached hydrogen (secondary N) is 1. The summed E-state index contributed by atoms with van der Waals surface area (Å²) in [6, 6.07) is -0.630. The minimum Gasteiger partial charge on any atom is -0.466 e. The topological polar surface area (TPSA) is 95.9 Å². The van der Waals surface area contributed by atoms with Gasteiger partial charge in [0.1, 0.15) is 0 Å². The van der Waals surface area contributed by atoms with Crippen molar-refractivity contribution in [1.29, 1.82) is 0 Å². The molecule has 1 amide bonds. The highest BCUT2D eigenvalue weighted by molar-refractivity contribution is 5.76. The van der Waals surface area contributed by atoms with Crippen LogP contribution in [0.2, 0.25) is 0 Å². The number of hydrogen-bond donors (Lipinski definition) is 3. The highest BCUT2D eigenvalue weighted by Gasteiger charge is 2.18. The van der Waals surface area contributed by atoms with Crippen LogP contribution < -0.4 is 5.32 Å². The molecule has 0 fully saturated rings. The number of amides is 1. The molecule has 0 aliphatic carbocycles. The van der Waals surface area contributed by atoms with Crippen molar-refractivity contribution in [3.8, 4) is 0 Å². The summed E-state index contributed by atoms with van der Waals surface area (Å²) >= 11 is 0. The third-order valence-electron chi connectivity index (χ3n) is 12.8. The number of carbonyl (C=O) groups excluding carboxylic acids is 2. The molecule has 0 aromatic rings. The number of esters is 1. The Morgan fingerprint density at radius 2 is 0.754 bits per heavy atom. The van der Waals surface area contributed by atoms with Crippen molar-refractivity contribution >= 4 is 11.9 Å². The van der Waals surface area contributed by atoms with Gasteiger partial charge >= 0.3 is 5.97 Å². The molecule has 0 heterocycles. The van der Waals surface area contributed by atoms with E-state index in [2.05, 4.69) is 19.2 Å². The second-order valence-electron chi connectivity index (χ2n) is 18.9. The van der Waals surface area contributed by atoms with Gasteiger partial charge in [-0.3, -0.25) is 9.59 Å². The number of rotatable bonds is 51. The third-order valence-corrected chi connectivity index (χ3v) is 12.8. The average Bonchev–Trinajstić information content (AvgIpc) is 3.26. The molecule has 6 nitrogen and oxygen atoms in total. The first-order valence-corrected chi connectivity index (χ1v) is 27.5. The second-order valence-corrected chi connectivity index (χ2v) is 18.9. The fraction of sp³-hybridized carbons (Fsp3) is 0.927. The van der Waals surface area contributed by atoms with Gasteiger partial charge in [-0.1, -0.05) is 270 Å². The maximum atomic E-state index is 12.4. The normalized spacial score (nSPS) is 12.7. The lowest BCUT2D eigenvalue weighted by molar-refractivity contribution is -0.143. The molecule has 3 N–H and O–H groups in total. The monoisotopic (exact) mass is 862 g/mol. The van der Waals surface area contributed by atoms with Crippen molar-refractivity contribution in [1.82, 2.24) is 5.32 Å². The van der Waals surface area contributed by atoms with E-state index in [9.17, 15) is 19.8 Å². The molecule has 6 heteroatoms. The zero-order valence-corrected chi connectivity index (χ0v) is 41.2. The van der Waals surface area contributed by atoms with Gasteiger partial charge in [0.25, 0.3) is 0 Å². The van der Waals surface area contributed by atoms with E-state index in [-0.39, 0.29) is 18.5 Å². The zero-order valence-electron chi connectivity index (χ0n) is 41.2. The van der Waals surface area contributed by atoms with E-state index in [4.69, 9.17) is 4.74 Å². The molecule has 0 bridgehead atoms. The van der Waals surface area contributed by atoms with Crippen molar-refractivity contribution in [3.63, 3.8) is 0 Å². The van der Waals surface area contributed by atoms with Crippen molar-refractivity contribution < 1.29 is 24.5 Å². The van der Waals surface area contributed by atoms with E-state index in [1.807, 2.05) is 6.08 Å². The fourth-order valence-corrected chi connectivity index (χ4v) is 8.58. The Labute approximate surface area is 380 Å². The summed E-state index contributed by atoms with van der Waals surface area (Å²) in [5, 5.41) is 22.9. The Kier molecular flexibility index (Phi) is 50.1. The first-order valence-electron chi connectivity index (χ1n) is 27.5. The molecule has 2 atom stereocenters. The number of ether oxygens (including phenoxy) is 1. The number of aliphatic hydroxyl groups excluding tert-OH is 2. The Bertz CT molecular complexity index is 909. The number of carbonyl (C=O) groups is 2. The van der Waals surface area contributed by atoms with Gasteiger partial charge in [-0.05, 0) is 32.1 Å². The third kappa shape index (κ3) is 47.9. The maximum Gasteiger partial charge on any atom is 0.305 e. The lowest BCUT2D eigenvalue weighted by Gasteiger charge is -2.20. The van der Waals surface area contributed by atoms with Crippen LogP contribution in [0.15, 0.2) is 12.2 Å². The van der Waals surface area contributed by atoms with E-state index in [1.54, 1.807) is 6.08 Å². The molecule has 0 saturated heterocycles. The minimum absolute atomic E-state index is 0.00679. The van der Waals surface area contributed by atoms with Crippen LogP contribution in [-0.2, 0) is 14.3 Å². The summed E-state index contributed by atoms with van der Waals surface area (Å²) in [7, 11) is 0. The molecule has 0 aliphatic rings. The molecule has 0 radical (unpaired) electrons. The highest BCUT2D eigenvalue weighted by atomic mass is 16.5. The van der Waals surface area contributed by atoms with Crippen molar-refractivity contribution in [2.45, 2.75) is 315 Å². The van der Waals surface area contributed by atoms with Gasteiger partial charge in [-0.15, -0.1) is 0 Å². The van der Waals surface area contributed by atoms with Gasteiger partial charge < -0.3 is 20.3 Å². The van der Waals surface area contributed by atoms with Gasteiger partial charge in [0.2, 0.25) is 5.91 Å². The Morgan fingerprint density at radius 1 is 0.443 bits per heavy atom. The molecular weight excluding hydrogens is 755 g/mol. The summed E-state index contributed by atoms with van der Waals surface area (Å²) in [4.78, 5) is 24.4. The molecule has 0 aromatic heterocycles. The van der Waals surface area contributed by atoms with Gasteiger partial charge in [0, 0.05) is 12.8 Å². The molecule has 0 rings (SSSR count). The fourth-order valence-electron chi connectivity index (χ4n) is 8.58. The number of aliphatic hydroxyl groups is 2. The quantitative estimate of drug-likeness (QED) is 0.0322. The predicted molar refractivity (Wildman–Crippen MR) is 264 cm³/mol. The lowest BCUT2D eigenvalue weighted by atomic mass is 10.0. The molecule has 0 aliphatic heterocycles. The standard InChI is InChI=1S/C55H107NO5/c1-3-5-7-9-11-13-14-15-16-17-18-19-23-26-29-33-37-41-45-49-55(60)61-50-46-42-38-34-30-27-24-21-20-22-25-28-32-36-40-44-48-54(59)56-52(51-57)53(58)47-43-39-35-31-12-10-8-6-4-2/h43,47,52-53,57-58H,3-42,44-46,48-51H2,1-2H3,(H,56,59)/b47-43+. The van der Waals surface area contributed by atoms with Crippen molar-refractivity contribution in [3.05, 3.63) is 12.2 Å². The van der Waals surface area contributed by atoms with Crippen molar-refractivity contribution in [2.75, 3.05) is 13.2 Å². The zero-order chi connectivity index (χ0) is 44.4. The summed E-state index contributed by atoms with van der Waals surface area (Å²) in [6.45, 7) is 4.88. The summed E-state index contributed by atoms with van der Waals surface area (Å²) in [6.07, 6.45) is 59.5. The van der Waals surface area contributed by atoms with E-state index in [0.717, 1.165) is 44.9 Å². The highest BCUT2D eigenvalue weighted by Crippen LogP contribution is 2.17. The van der Waals surface area contributed by atoms with Crippen LogP contribution in [0.5, 0.6) is 0 Å². The molecule has 0 aromatic carbocycles. The second kappa shape index (κ2) is 51.2. The Hall–Kier alpha value is -1.40. The SMILES string of the molecule is CCCCCCCCC/C=C/C(O)C(CO)NC(=O)CCCCCCCCCCCCCCCCCCOC(=O)CCCCCCCCCCCCCCCCCCCCC. The van der Waals surface area contributed by atoms with Gasteiger partial charge in [-0.25, -0.2) is 0 Å². The Balaban J connectivity index is 3.37. The predicted octanol–water partition coefficient (Wildman–Crippen LogP) is 16.5. The van der Waals surface area contributed by atoms with E-state index < -0.39 is 12.1 Å². The number of hydrogen-bond acceptors (Lipinski definition) is 5. The average molecular weight is 862 g/mol. The van der Waals surface area contributed by atoms with Crippen LogP contribution in [0, 0.1) is 0 Å². The molecule has 0 saturated carbocycles.